The Morgan fingerprint density at radius 3 is 3.00 bits per heavy atom. The van der Waals surface area contributed by atoms with Crippen LogP contribution in [0.2, 0.25) is 5.02 Å². The van der Waals surface area contributed by atoms with Crippen molar-refractivity contribution >= 4 is 51.4 Å². The minimum atomic E-state index is 0.0650. The SMILES string of the molecule is O=C(c1ccc(I)c(Cl)c1)N1CCc2sccc2C1. The Morgan fingerprint density at radius 1 is 1.37 bits per heavy atom. The summed E-state index contributed by atoms with van der Waals surface area (Å²) < 4.78 is 0.967. The Hall–Kier alpha value is -0.590. The van der Waals surface area contributed by atoms with Crippen LogP contribution in [0.3, 0.4) is 0 Å². The lowest BCUT2D eigenvalue weighted by atomic mass is 10.1. The number of hydrogen-bond acceptors (Lipinski definition) is 2. The van der Waals surface area contributed by atoms with Crippen molar-refractivity contribution in [1.82, 2.24) is 4.90 Å². The van der Waals surface area contributed by atoms with Gasteiger partial charge in [0.15, 0.2) is 0 Å². The van der Waals surface area contributed by atoms with Gasteiger partial charge in [-0.15, -0.1) is 11.3 Å². The van der Waals surface area contributed by atoms with Gasteiger partial charge in [-0.3, -0.25) is 4.79 Å². The molecule has 0 spiro atoms. The van der Waals surface area contributed by atoms with Crippen LogP contribution in [0, 0.1) is 3.57 Å². The smallest absolute Gasteiger partial charge is 0.254 e. The topological polar surface area (TPSA) is 20.3 Å². The molecule has 0 radical (unpaired) electrons. The normalized spacial score (nSPS) is 14.3. The number of rotatable bonds is 1. The molecule has 19 heavy (non-hydrogen) atoms. The van der Waals surface area contributed by atoms with Crippen LogP contribution < -0.4 is 0 Å². The van der Waals surface area contributed by atoms with Gasteiger partial charge >= 0.3 is 0 Å². The Kier molecular flexibility index (Phi) is 3.82. The summed E-state index contributed by atoms with van der Waals surface area (Å²) in [5.74, 6) is 0.0650. The zero-order valence-electron chi connectivity index (χ0n) is 10.0. The molecule has 5 heteroatoms. The fraction of sp³-hybridized carbons (Fsp3) is 0.214. The van der Waals surface area contributed by atoms with E-state index >= 15 is 0 Å². The summed E-state index contributed by atoms with van der Waals surface area (Å²) in [7, 11) is 0. The third-order valence-corrected chi connectivity index (χ3v) is 5.86. The number of benzene rings is 1. The van der Waals surface area contributed by atoms with E-state index in [1.165, 1.54) is 10.4 Å². The lowest BCUT2D eigenvalue weighted by Gasteiger charge is -2.27. The molecule has 2 aromatic rings. The van der Waals surface area contributed by atoms with E-state index in [1.807, 2.05) is 17.0 Å². The van der Waals surface area contributed by atoms with Crippen LogP contribution in [0.1, 0.15) is 20.8 Å². The highest BCUT2D eigenvalue weighted by Gasteiger charge is 2.22. The van der Waals surface area contributed by atoms with Gasteiger partial charge in [0, 0.05) is 27.1 Å². The second-order valence-corrected chi connectivity index (χ2v) is 7.04. The molecule has 2 nitrogen and oxygen atoms in total. The predicted octanol–water partition coefficient (Wildman–Crippen LogP) is 4.20. The fourth-order valence-electron chi connectivity index (χ4n) is 2.23. The number of halogens is 2. The Labute approximate surface area is 134 Å². The molecule has 1 aliphatic rings. The van der Waals surface area contributed by atoms with Gasteiger partial charge in [0.2, 0.25) is 0 Å². The summed E-state index contributed by atoms with van der Waals surface area (Å²) in [6.45, 7) is 1.50. The largest absolute Gasteiger partial charge is 0.334 e. The molecule has 1 amide bonds. The molecule has 2 heterocycles. The van der Waals surface area contributed by atoms with Gasteiger partial charge in [-0.1, -0.05) is 11.6 Å². The van der Waals surface area contributed by atoms with Gasteiger partial charge in [-0.05, 0) is 64.2 Å². The van der Waals surface area contributed by atoms with Crippen molar-refractivity contribution in [2.45, 2.75) is 13.0 Å². The molecule has 1 aliphatic heterocycles. The molecule has 0 fully saturated rings. The average molecular weight is 404 g/mol. The summed E-state index contributed by atoms with van der Waals surface area (Å²) >= 11 is 10.0. The van der Waals surface area contributed by atoms with E-state index in [9.17, 15) is 4.79 Å². The van der Waals surface area contributed by atoms with Crippen LogP contribution in [0.25, 0.3) is 0 Å². The molecule has 98 valence electrons. The van der Waals surface area contributed by atoms with Crippen LogP contribution in [0.4, 0.5) is 0 Å². The maximum atomic E-state index is 12.5. The highest BCUT2D eigenvalue weighted by atomic mass is 127. The van der Waals surface area contributed by atoms with Crippen molar-refractivity contribution in [3.63, 3.8) is 0 Å². The average Bonchev–Trinajstić information content (AvgIpc) is 2.88. The Bertz CT molecular complexity index is 640. The molecular formula is C14H11ClINOS. The van der Waals surface area contributed by atoms with Crippen molar-refractivity contribution in [1.29, 1.82) is 0 Å². The number of fused-ring (bicyclic) bond motifs is 1. The molecule has 0 aliphatic carbocycles. The standard InChI is InChI=1S/C14H11ClINOS/c15-11-7-9(1-2-12(11)16)14(18)17-5-3-13-10(8-17)4-6-19-13/h1-2,4,6-7H,3,5,8H2. The second-order valence-electron chi connectivity index (χ2n) is 4.47. The monoisotopic (exact) mass is 403 g/mol. The van der Waals surface area contributed by atoms with Crippen LogP contribution in [0.15, 0.2) is 29.6 Å². The quantitative estimate of drug-likeness (QED) is 0.653. The van der Waals surface area contributed by atoms with E-state index in [4.69, 9.17) is 11.6 Å². The van der Waals surface area contributed by atoms with E-state index < -0.39 is 0 Å². The predicted molar refractivity (Wildman–Crippen MR) is 86.9 cm³/mol. The fourth-order valence-corrected chi connectivity index (χ4v) is 3.64. The highest BCUT2D eigenvalue weighted by molar-refractivity contribution is 14.1. The highest BCUT2D eigenvalue weighted by Crippen LogP contribution is 2.26. The van der Waals surface area contributed by atoms with Crippen molar-refractivity contribution in [2.24, 2.45) is 0 Å². The summed E-state index contributed by atoms with van der Waals surface area (Å²) in [6, 6.07) is 7.60. The van der Waals surface area contributed by atoms with E-state index in [0.29, 0.717) is 17.1 Å². The first-order valence-corrected chi connectivity index (χ1v) is 8.28. The first-order valence-electron chi connectivity index (χ1n) is 5.95. The third kappa shape index (κ3) is 2.66. The lowest BCUT2D eigenvalue weighted by Crippen LogP contribution is -2.35. The molecule has 1 aromatic carbocycles. The molecule has 0 saturated heterocycles. The molecule has 3 rings (SSSR count). The Morgan fingerprint density at radius 2 is 2.21 bits per heavy atom. The number of amides is 1. The van der Waals surface area contributed by atoms with Gasteiger partial charge in [0.25, 0.3) is 5.91 Å². The Balaban J connectivity index is 1.83. The molecule has 0 saturated carbocycles. The molecule has 0 atom stereocenters. The van der Waals surface area contributed by atoms with E-state index in [1.54, 1.807) is 17.4 Å². The molecule has 0 unspecified atom stereocenters. The summed E-state index contributed by atoms with van der Waals surface area (Å²) in [5.41, 5.74) is 1.95. The van der Waals surface area contributed by atoms with Crippen molar-refractivity contribution < 1.29 is 4.79 Å². The zero-order chi connectivity index (χ0) is 13.4. The number of hydrogen-bond donors (Lipinski definition) is 0. The first-order chi connectivity index (χ1) is 9.15. The zero-order valence-corrected chi connectivity index (χ0v) is 13.8. The van der Waals surface area contributed by atoms with Crippen LogP contribution in [-0.2, 0) is 13.0 Å². The van der Waals surface area contributed by atoms with E-state index in [-0.39, 0.29) is 5.91 Å². The van der Waals surface area contributed by atoms with Crippen LogP contribution >= 0.6 is 45.5 Å². The number of carbonyl (C=O) groups is 1. The van der Waals surface area contributed by atoms with Gasteiger partial charge < -0.3 is 4.90 Å². The van der Waals surface area contributed by atoms with Gasteiger partial charge in [-0.2, -0.15) is 0 Å². The van der Waals surface area contributed by atoms with Gasteiger partial charge in [-0.25, -0.2) is 0 Å². The van der Waals surface area contributed by atoms with Crippen molar-refractivity contribution in [3.05, 3.63) is 54.2 Å². The summed E-state index contributed by atoms with van der Waals surface area (Å²) in [4.78, 5) is 15.8. The maximum absolute atomic E-state index is 12.5. The minimum absolute atomic E-state index is 0.0650. The third-order valence-electron chi connectivity index (χ3n) is 3.26. The maximum Gasteiger partial charge on any atom is 0.254 e. The van der Waals surface area contributed by atoms with Crippen molar-refractivity contribution in [2.75, 3.05) is 6.54 Å². The van der Waals surface area contributed by atoms with Crippen LogP contribution in [0.5, 0.6) is 0 Å². The molecular weight excluding hydrogens is 393 g/mol. The first kappa shape index (κ1) is 13.4. The van der Waals surface area contributed by atoms with Crippen LogP contribution in [-0.4, -0.2) is 17.4 Å². The van der Waals surface area contributed by atoms with Gasteiger partial charge in [0.05, 0.1) is 5.02 Å². The lowest BCUT2D eigenvalue weighted by molar-refractivity contribution is 0.0736. The number of thiophene rings is 1. The minimum Gasteiger partial charge on any atom is -0.334 e. The van der Waals surface area contributed by atoms with E-state index in [2.05, 4.69) is 34.0 Å². The number of nitrogens with zero attached hydrogens (tertiary/aromatic N) is 1. The molecule has 1 aromatic heterocycles. The molecule has 0 bridgehead atoms. The summed E-state index contributed by atoms with van der Waals surface area (Å²) in [6.07, 6.45) is 0.955. The van der Waals surface area contributed by atoms with Gasteiger partial charge in [0.1, 0.15) is 0 Å². The molecule has 0 N–H and O–H groups in total. The van der Waals surface area contributed by atoms with Crippen molar-refractivity contribution in [3.8, 4) is 0 Å². The number of carbonyl (C=O) groups excluding carboxylic acids is 1. The second kappa shape index (κ2) is 5.42. The summed E-state index contributed by atoms with van der Waals surface area (Å²) in [5, 5.41) is 2.74. The van der Waals surface area contributed by atoms with E-state index in [0.717, 1.165) is 16.5 Å².